The van der Waals surface area contributed by atoms with Crippen molar-refractivity contribution in [1.29, 1.82) is 0 Å². The second-order valence-electron chi connectivity index (χ2n) is 7.67. The minimum atomic E-state index is -0.123. The normalized spacial score (nSPS) is 12.8. The van der Waals surface area contributed by atoms with Crippen molar-refractivity contribution in [3.8, 4) is 28.4 Å². The Hall–Kier alpha value is -3.48. The highest BCUT2D eigenvalue weighted by Gasteiger charge is 2.19. The number of benzene rings is 3. The summed E-state index contributed by atoms with van der Waals surface area (Å²) < 4.78 is 28.4. The second kappa shape index (κ2) is 8.81. The van der Waals surface area contributed by atoms with Crippen LogP contribution in [0.4, 0.5) is 0 Å². The van der Waals surface area contributed by atoms with Crippen LogP contribution in [0.3, 0.4) is 0 Å². The van der Waals surface area contributed by atoms with Gasteiger partial charge in [-0.1, -0.05) is 29.8 Å². The van der Waals surface area contributed by atoms with Crippen LogP contribution in [-0.4, -0.2) is 13.9 Å². The first-order chi connectivity index (χ1) is 16.0. The lowest BCUT2D eigenvalue weighted by Gasteiger charge is -2.21. The quantitative estimate of drug-likeness (QED) is 0.367. The maximum Gasteiger partial charge on any atom is 0.200 e. The number of hydrogen-bond acceptors (Lipinski definition) is 6. The smallest absolute Gasteiger partial charge is 0.200 e. The standard InChI is InChI=1S/C26H21ClO6/c1-15-24(20-5-3-4-6-22(20)29-2)25(28)21-8-7-19(11-23(21)33-15)31-13-17-10-18(27)9-16-12-30-14-32-26(16)17/h3-11H,12-14H2,1-2H3. The fourth-order valence-electron chi connectivity index (χ4n) is 4.06. The topological polar surface area (TPSA) is 67.1 Å². The van der Waals surface area contributed by atoms with E-state index in [0.717, 1.165) is 16.9 Å². The molecule has 0 saturated heterocycles. The lowest BCUT2D eigenvalue weighted by atomic mass is 10.0. The largest absolute Gasteiger partial charge is 0.496 e. The monoisotopic (exact) mass is 464 g/mol. The number of hydrogen-bond donors (Lipinski definition) is 0. The van der Waals surface area contributed by atoms with E-state index in [0.29, 0.717) is 51.0 Å². The molecule has 0 atom stereocenters. The highest BCUT2D eigenvalue weighted by Crippen LogP contribution is 2.34. The van der Waals surface area contributed by atoms with Crippen molar-refractivity contribution in [2.45, 2.75) is 20.1 Å². The second-order valence-corrected chi connectivity index (χ2v) is 8.11. The van der Waals surface area contributed by atoms with Crippen LogP contribution in [0.25, 0.3) is 22.1 Å². The average molecular weight is 465 g/mol. The van der Waals surface area contributed by atoms with E-state index in [4.69, 9.17) is 35.0 Å². The van der Waals surface area contributed by atoms with Crippen LogP contribution in [0.5, 0.6) is 17.2 Å². The Bertz CT molecular complexity index is 1410. The molecule has 1 aliphatic heterocycles. The molecule has 6 nitrogen and oxygen atoms in total. The van der Waals surface area contributed by atoms with Gasteiger partial charge in [0.15, 0.2) is 6.79 Å². The first-order valence-electron chi connectivity index (χ1n) is 10.4. The van der Waals surface area contributed by atoms with Crippen molar-refractivity contribution in [2.24, 2.45) is 0 Å². The van der Waals surface area contributed by atoms with Gasteiger partial charge in [0.25, 0.3) is 0 Å². The molecule has 7 heteroatoms. The van der Waals surface area contributed by atoms with Gasteiger partial charge in [0, 0.05) is 27.8 Å². The van der Waals surface area contributed by atoms with E-state index < -0.39 is 0 Å². The molecule has 1 aromatic heterocycles. The Morgan fingerprint density at radius 3 is 2.79 bits per heavy atom. The zero-order valence-corrected chi connectivity index (χ0v) is 18.9. The summed E-state index contributed by atoms with van der Waals surface area (Å²) in [6, 6.07) is 16.2. The zero-order valence-electron chi connectivity index (χ0n) is 18.1. The van der Waals surface area contributed by atoms with Crippen LogP contribution < -0.4 is 19.6 Å². The Labute approximate surface area is 195 Å². The van der Waals surface area contributed by atoms with Crippen molar-refractivity contribution in [2.75, 3.05) is 13.9 Å². The van der Waals surface area contributed by atoms with Gasteiger partial charge < -0.3 is 23.4 Å². The van der Waals surface area contributed by atoms with Gasteiger partial charge >= 0.3 is 0 Å². The van der Waals surface area contributed by atoms with E-state index in [1.54, 1.807) is 32.2 Å². The molecule has 1 aliphatic rings. The van der Waals surface area contributed by atoms with Crippen molar-refractivity contribution in [3.05, 3.63) is 86.7 Å². The number of para-hydroxylation sites is 1. The molecule has 33 heavy (non-hydrogen) atoms. The summed E-state index contributed by atoms with van der Waals surface area (Å²) in [5.41, 5.74) is 3.22. The number of halogens is 1. The van der Waals surface area contributed by atoms with Crippen LogP contribution in [-0.2, 0) is 18.0 Å². The Morgan fingerprint density at radius 1 is 1.09 bits per heavy atom. The molecular formula is C26H21ClO6. The minimum absolute atomic E-state index is 0.123. The van der Waals surface area contributed by atoms with E-state index in [1.807, 2.05) is 36.4 Å². The maximum absolute atomic E-state index is 13.3. The van der Waals surface area contributed by atoms with Crippen molar-refractivity contribution >= 4 is 22.6 Å². The van der Waals surface area contributed by atoms with Gasteiger partial charge in [-0.15, -0.1) is 0 Å². The summed E-state index contributed by atoms with van der Waals surface area (Å²) >= 11 is 6.24. The highest BCUT2D eigenvalue weighted by atomic mass is 35.5. The molecule has 4 aromatic rings. The zero-order chi connectivity index (χ0) is 22.9. The first-order valence-corrected chi connectivity index (χ1v) is 10.8. The predicted molar refractivity (Wildman–Crippen MR) is 125 cm³/mol. The van der Waals surface area contributed by atoms with E-state index in [9.17, 15) is 4.79 Å². The molecule has 0 radical (unpaired) electrons. The highest BCUT2D eigenvalue weighted by molar-refractivity contribution is 6.30. The summed E-state index contributed by atoms with van der Waals surface area (Å²) in [7, 11) is 1.58. The van der Waals surface area contributed by atoms with Gasteiger partial charge in [0.2, 0.25) is 5.43 Å². The third-order valence-electron chi connectivity index (χ3n) is 5.56. The fraction of sp³-hybridized carbons (Fsp3) is 0.192. The Kier molecular flexibility index (Phi) is 5.70. The van der Waals surface area contributed by atoms with Gasteiger partial charge in [0.1, 0.15) is 35.2 Å². The first kappa shape index (κ1) is 21.4. The van der Waals surface area contributed by atoms with Gasteiger partial charge in [-0.05, 0) is 37.3 Å². The molecule has 5 rings (SSSR count). The molecule has 0 bridgehead atoms. The van der Waals surface area contributed by atoms with Crippen LogP contribution >= 0.6 is 11.6 Å². The number of fused-ring (bicyclic) bond motifs is 2. The van der Waals surface area contributed by atoms with Crippen LogP contribution in [0, 0.1) is 6.92 Å². The van der Waals surface area contributed by atoms with E-state index in [1.165, 1.54) is 0 Å². The van der Waals surface area contributed by atoms with Crippen LogP contribution in [0.15, 0.2) is 63.8 Å². The molecule has 3 aromatic carbocycles. The summed E-state index contributed by atoms with van der Waals surface area (Å²) in [6.45, 7) is 2.65. The molecule has 0 aliphatic carbocycles. The number of aryl methyl sites for hydroxylation is 1. The third-order valence-corrected chi connectivity index (χ3v) is 5.78. The molecule has 2 heterocycles. The molecule has 168 valence electrons. The SMILES string of the molecule is COc1ccccc1-c1c(C)oc2cc(OCc3cc(Cl)cc4c3OCOC4)ccc2c1=O. The molecule has 0 unspecified atom stereocenters. The van der Waals surface area contributed by atoms with Gasteiger partial charge in [-0.25, -0.2) is 0 Å². The molecular weight excluding hydrogens is 444 g/mol. The van der Waals surface area contributed by atoms with Crippen LogP contribution in [0.1, 0.15) is 16.9 Å². The molecule has 0 saturated carbocycles. The predicted octanol–water partition coefficient (Wildman–Crippen LogP) is 5.88. The van der Waals surface area contributed by atoms with Gasteiger partial charge in [-0.2, -0.15) is 0 Å². The van der Waals surface area contributed by atoms with Crippen molar-refractivity contribution in [1.82, 2.24) is 0 Å². The minimum Gasteiger partial charge on any atom is -0.496 e. The Balaban J connectivity index is 1.48. The van der Waals surface area contributed by atoms with Crippen molar-refractivity contribution < 1.29 is 23.4 Å². The number of methoxy groups -OCH3 is 1. The van der Waals surface area contributed by atoms with E-state index in [2.05, 4.69) is 0 Å². The van der Waals surface area contributed by atoms with Gasteiger partial charge in [-0.3, -0.25) is 4.79 Å². The summed E-state index contributed by atoms with van der Waals surface area (Å²) in [5.74, 6) is 2.42. The third kappa shape index (κ3) is 4.03. The average Bonchev–Trinajstić information content (AvgIpc) is 2.82. The lowest BCUT2D eigenvalue weighted by Crippen LogP contribution is -2.14. The van der Waals surface area contributed by atoms with E-state index in [-0.39, 0.29) is 18.8 Å². The van der Waals surface area contributed by atoms with Crippen LogP contribution in [0.2, 0.25) is 5.02 Å². The summed E-state index contributed by atoms with van der Waals surface area (Å²) in [4.78, 5) is 13.3. The number of ether oxygens (including phenoxy) is 4. The summed E-state index contributed by atoms with van der Waals surface area (Å²) in [6.07, 6.45) is 0. The molecule has 0 amide bonds. The molecule has 0 N–H and O–H groups in total. The van der Waals surface area contributed by atoms with E-state index >= 15 is 0 Å². The fourth-order valence-corrected chi connectivity index (χ4v) is 4.33. The molecule has 0 fully saturated rings. The summed E-state index contributed by atoms with van der Waals surface area (Å²) in [5, 5.41) is 1.06. The maximum atomic E-state index is 13.3. The lowest BCUT2D eigenvalue weighted by molar-refractivity contribution is -0.0175. The van der Waals surface area contributed by atoms with Crippen molar-refractivity contribution in [3.63, 3.8) is 0 Å². The Morgan fingerprint density at radius 2 is 1.94 bits per heavy atom. The molecule has 0 spiro atoms. The van der Waals surface area contributed by atoms with Gasteiger partial charge in [0.05, 0.1) is 24.7 Å². The number of rotatable bonds is 5.